The molecule has 0 fully saturated rings. The minimum absolute atomic E-state index is 1.17. The van der Waals surface area contributed by atoms with Crippen LogP contribution in [0.5, 0.6) is 0 Å². The molecule has 0 aliphatic heterocycles. The molecule has 0 amide bonds. The molecule has 1 heterocycles. The maximum atomic E-state index is 3.31. The standard InChI is InChI=1S/C6H15N.CH2N4/c1-3-5-7-6-4-2;1-2-4-5-3-1/h7H,3-6H2,1-2H3;1H,(H,2,3,4,5). The van der Waals surface area contributed by atoms with Gasteiger partial charge in [0, 0.05) is 0 Å². The fourth-order valence-electron chi connectivity index (χ4n) is 0.608. The second kappa shape index (κ2) is 10.0. The summed E-state index contributed by atoms with van der Waals surface area (Å²) >= 11 is 0. The highest BCUT2D eigenvalue weighted by Crippen LogP contribution is 1.71. The molecule has 0 atom stereocenters. The van der Waals surface area contributed by atoms with Crippen molar-refractivity contribution in [2.45, 2.75) is 26.7 Å². The summed E-state index contributed by atoms with van der Waals surface area (Å²) in [6.45, 7) is 6.72. The molecule has 0 bridgehead atoms. The number of aromatic amines is 1. The smallest absolute Gasteiger partial charge is 0.135 e. The Balaban J connectivity index is 0.000000211. The van der Waals surface area contributed by atoms with Crippen molar-refractivity contribution >= 4 is 0 Å². The Morgan fingerprint density at radius 2 is 1.92 bits per heavy atom. The first kappa shape index (κ1) is 11.0. The van der Waals surface area contributed by atoms with Gasteiger partial charge in [-0.15, -0.1) is 5.10 Å². The Labute approximate surface area is 73.0 Å². The third-order valence-electron chi connectivity index (χ3n) is 1.12. The molecular weight excluding hydrogens is 154 g/mol. The van der Waals surface area contributed by atoms with Crippen LogP contribution in [0.15, 0.2) is 6.33 Å². The van der Waals surface area contributed by atoms with Crippen molar-refractivity contribution in [3.63, 3.8) is 0 Å². The number of H-pyrrole nitrogens is 1. The number of aromatic nitrogens is 4. The molecule has 70 valence electrons. The molecule has 0 aromatic carbocycles. The fraction of sp³-hybridized carbons (Fsp3) is 0.857. The number of tetrazole rings is 1. The minimum atomic E-state index is 1.17. The Morgan fingerprint density at radius 3 is 2.17 bits per heavy atom. The van der Waals surface area contributed by atoms with Crippen LogP contribution in [0.4, 0.5) is 0 Å². The van der Waals surface area contributed by atoms with Gasteiger partial charge in [0.2, 0.25) is 0 Å². The largest absolute Gasteiger partial charge is 0.317 e. The zero-order chi connectivity index (χ0) is 9.07. The summed E-state index contributed by atoms with van der Waals surface area (Å²) in [4.78, 5) is 0. The molecule has 5 heteroatoms. The maximum Gasteiger partial charge on any atom is 0.135 e. The van der Waals surface area contributed by atoms with E-state index in [2.05, 4.69) is 39.8 Å². The lowest BCUT2D eigenvalue weighted by atomic mass is 10.4. The van der Waals surface area contributed by atoms with Crippen LogP contribution >= 0.6 is 0 Å². The molecule has 2 N–H and O–H groups in total. The van der Waals surface area contributed by atoms with Crippen LogP contribution < -0.4 is 5.32 Å². The van der Waals surface area contributed by atoms with Crippen LogP contribution in [0.1, 0.15) is 26.7 Å². The van der Waals surface area contributed by atoms with Gasteiger partial charge in [0.1, 0.15) is 6.33 Å². The first-order valence-electron chi connectivity index (χ1n) is 4.29. The van der Waals surface area contributed by atoms with E-state index in [4.69, 9.17) is 0 Å². The highest BCUT2D eigenvalue weighted by molar-refractivity contribution is 4.39. The van der Waals surface area contributed by atoms with Gasteiger partial charge in [-0.25, -0.2) is 5.10 Å². The molecule has 0 aliphatic rings. The first-order chi connectivity index (χ1) is 5.91. The van der Waals surface area contributed by atoms with Crippen molar-refractivity contribution in [3.8, 4) is 0 Å². The quantitative estimate of drug-likeness (QED) is 0.651. The van der Waals surface area contributed by atoms with Crippen LogP contribution in [0.25, 0.3) is 0 Å². The summed E-state index contributed by atoms with van der Waals surface area (Å²) < 4.78 is 0. The number of hydrogen-bond acceptors (Lipinski definition) is 4. The van der Waals surface area contributed by atoms with Crippen molar-refractivity contribution in [1.82, 2.24) is 25.9 Å². The highest BCUT2D eigenvalue weighted by atomic mass is 15.5. The monoisotopic (exact) mass is 171 g/mol. The fourth-order valence-corrected chi connectivity index (χ4v) is 0.608. The number of nitrogens with one attached hydrogen (secondary N) is 2. The average molecular weight is 171 g/mol. The van der Waals surface area contributed by atoms with Crippen molar-refractivity contribution in [3.05, 3.63) is 6.33 Å². The molecule has 5 nitrogen and oxygen atoms in total. The van der Waals surface area contributed by atoms with Gasteiger partial charge in [0.25, 0.3) is 0 Å². The molecule has 0 saturated carbocycles. The topological polar surface area (TPSA) is 66.5 Å². The van der Waals surface area contributed by atoms with E-state index >= 15 is 0 Å². The van der Waals surface area contributed by atoms with E-state index in [1.54, 1.807) is 0 Å². The van der Waals surface area contributed by atoms with Gasteiger partial charge in [-0.2, -0.15) is 0 Å². The third-order valence-corrected chi connectivity index (χ3v) is 1.12. The van der Waals surface area contributed by atoms with Crippen molar-refractivity contribution in [2.75, 3.05) is 13.1 Å². The zero-order valence-electron chi connectivity index (χ0n) is 7.75. The second-order valence-corrected chi connectivity index (χ2v) is 2.31. The van der Waals surface area contributed by atoms with Gasteiger partial charge in [-0.05, 0) is 36.4 Å². The Bertz CT molecular complexity index is 118. The normalized spacial score (nSPS) is 8.83. The molecule has 0 saturated heterocycles. The van der Waals surface area contributed by atoms with Gasteiger partial charge in [-0.3, -0.25) is 0 Å². The Morgan fingerprint density at radius 1 is 1.25 bits per heavy atom. The predicted octanol–water partition coefficient (Wildman–Crippen LogP) is 0.596. The Kier molecular flexibility index (Phi) is 9.22. The van der Waals surface area contributed by atoms with Crippen molar-refractivity contribution in [2.24, 2.45) is 0 Å². The van der Waals surface area contributed by atoms with Crippen LogP contribution in [0.2, 0.25) is 0 Å². The summed E-state index contributed by atoms with van der Waals surface area (Å²) in [6, 6.07) is 0. The number of nitrogens with zero attached hydrogens (tertiary/aromatic N) is 3. The molecular formula is C7H17N5. The molecule has 1 rings (SSSR count). The average Bonchev–Trinajstić information content (AvgIpc) is 2.62. The van der Waals surface area contributed by atoms with E-state index in [1.807, 2.05) is 0 Å². The lowest BCUT2D eigenvalue weighted by Crippen LogP contribution is -2.14. The van der Waals surface area contributed by atoms with Crippen molar-refractivity contribution < 1.29 is 0 Å². The van der Waals surface area contributed by atoms with Gasteiger partial charge in [0.05, 0.1) is 0 Å². The van der Waals surface area contributed by atoms with E-state index in [-0.39, 0.29) is 0 Å². The maximum absolute atomic E-state index is 3.31. The molecule has 0 spiro atoms. The second-order valence-electron chi connectivity index (χ2n) is 2.31. The lowest BCUT2D eigenvalue weighted by Gasteiger charge is -1.95. The van der Waals surface area contributed by atoms with Gasteiger partial charge >= 0.3 is 0 Å². The van der Waals surface area contributed by atoms with E-state index in [9.17, 15) is 0 Å². The van der Waals surface area contributed by atoms with E-state index < -0.39 is 0 Å². The summed E-state index contributed by atoms with van der Waals surface area (Å²) in [6.07, 6.45) is 3.90. The number of rotatable bonds is 4. The van der Waals surface area contributed by atoms with Gasteiger partial charge in [-0.1, -0.05) is 13.8 Å². The summed E-state index contributed by atoms with van der Waals surface area (Å²) in [7, 11) is 0. The zero-order valence-corrected chi connectivity index (χ0v) is 7.75. The van der Waals surface area contributed by atoms with E-state index in [1.165, 1.54) is 32.3 Å². The molecule has 1 aromatic rings. The number of hydrogen-bond donors (Lipinski definition) is 2. The van der Waals surface area contributed by atoms with Crippen LogP contribution in [0, 0.1) is 0 Å². The summed E-state index contributed by atoms with van der Waals surface area (Å²) in [5.74, 6) is 0. The summed E-state index contributed by atoms with van der Waals surface area (Å²) in [5.41, 5.74) is 0. The molecule has 1 aromatic heterocycles. The summed E-state index contributed by atoms with van der Waals surface area (Å²) in [5, 5.41) is 15.4. The van der Waals surface area contributed by atoms with Crippen LogP contribution in [-0.4, -0.2) is 33.7 Å². The molecule has 0 radical (unpaired) electrons. The van der Waals surface area contributed by atoms with Gasteiger partial charge < -0.3 is 5.32 Å². The molecule has 0 unspecified atom stereocenters. The van der Waals surface area contributed by atoms with Crippen molar-refractivity contribution in [1.29, 1.82) is 0 Å². The SMILES string of the molecule is CCCNCCC.c1nnn[nH]1. The molecule has 12 heavy (non-hydrogen) atoms. The first-order valence-corrected chi connectivity index (χ1v) is 4.29. The minimum Gasteiger partial charge on any atom is -0.317 e. The van der Waals surface area contributed by atoms with Crippen LogP contribution in [-0.2, 0) is 0 Å². The lowest BCUT2D eigenvalue weighted by molar-refractivity contribution is 0.662. The highest BCUT2D eigenvalue weighted by Gasteiger charge is 1.76. The predicted molar refractivity (Wildman–Crippen MR) is 47.6 cm³/mol. The van der Waals surface area contributed by atoms with Gasteiger partial charge in [0.15, 0.2) is 0 Å². The van der Waals surface area contributed by atoms with Crippen LogP contribution in [0.3, 0.4) is 0 Å². The third kappa shape index (κ3) is 9.03. The molecule has 0 aliphatic carbocycles. The van der Waals surface area contributed by atoms with E-state index in [0.717, 1.165) is 0 Å². The Hall–Kier alpha value is -0.970. The van der Waals surface area contributed by atoms with E-state index in [0.29, 0.717) is 0 Å².